The van der Waals surface area contributed by atoms with E-state index in [9.17, 15) is 4.79 Å². The van der Waals surface area contributed by atoms with Gasteiger partial charge in [-0.2, -0.15) is 9.67 Å². The molecule has 0 aliphatic carbocycles. The van der Waals surface area contributed by atoms with Gasteiger partial charge in [0.15, 0.2) is 5.82 Å². The van der Waals surface area contributed by atoms with E-state index < -0.39 is 0 Å². The summed E-state index contributed by atoms with van der Waals surface area (Å²) < 4.78 is 1.11. The molecule has 0 fully saturated rings. The topological polar surface area (TPSA) is 86.7 Å². The summed E-state index contributed by atoms with van der Waals surface area (Å²) in [7, 11) is 0. The monoisotopic (exact) mass is 217 g/mol. The van der Waals surface area contributed by atoms with E-state index in [4.69, 9.17) is 5.73 Å². The zero-order valence-corrected chi connectivity index (χ0v) is 8.79. The van der Waals surface area contributed by atoms with E-state index in [1.54, 1.807) is 25.4 Å². The smallest absolute Gasteiger partial charge is 0.249 e. The molecule has 0 aliphatic rings. The maximum absolute atomic E-state index is 11.4. The molecular weight excluding hydrogens is 206 g/mol. The number of nitrogen functional groups attached to an aromatic ring is 1. The quantitative estimate of drug-likeness (QED) is 0.809. The van der Waals surface area contributed by atoms with Gasteiger partial charge in [-0.25, -0.2) is 0 Å². The molecule has 0 radical (unpaired) electrons. The highest BCUT2D eigenvalue weighted by Crippen LogP contribution is 2.14. The van der Waals surface area contributed by atoms with Crippen LogP contribution in [0.5, 0.6) is 0 Å². The second kappa shape index (κ2) is 4.09. The third-order valence-corrected chi connectivity index (χ3v) is 2.09. The minimum Gasteiger partial charge on any atom is -0.368 e. The van der Waals surface area contributed by atoms with E-state index in [-0.39, 0.29) is 11.9 Å². The molecule has 0 aromatic carbocycles. The van der Waals surface area contributed by atoms with Gasteiger partial charge in [0.1, 0.15) is 0 Å². The maximum Gasteiger partial charge on any atom is 0.249 e. The molecule has 2 heterocycles. The summed E-state index contributed by atoms with van der Waals surface area (Å²) in [6, 6.07) is 3.58. The predicted molar refractivity (Wildman–Crippen MR) is 58.6 cm³/mol. The van der Waals surface area contributed by atoms with Crippen LogP contribution in [0.1, 0.15) is 18.1 Å². The summed E-state index contributed by atoms with van der Waals surface area (Å²) in [5, 5.41) is 4.04. The van der Waals surface area contributed by atoms with Crippen molar-refractivity contribution in [1.29, 1.82) is 0 Å². The first-order chi connectivity index (χ1) is 7.72. The standard InChI is InChI=1S/C10H11N5O/c1-2-8(16)15-10(11)13-9(14-15)7-4-3-5-12-6-7/h3-6H,2H2,1H3,(H2,11,13,14). The molecule has 6 heteroatoms. The van der Waals surface area contributed by atoms with Crippen LogP contribution in [0.3, 0.4) is 0 Å². The summed E-state index contributed by atoms with van der Waals surface area (Å²) >= 11 is 0. The number of pyridine rings is 1. The van der Waals surface area contributed by atoms with Crippen molar-refractivity contribution in [2.75, 3.05) is 5.73 Å². The molecule has 0 saturated heterocycles. The third kappa shape index (κ3) is 1.77. The van der Waals surface area contributed by atoms with Gasteiger partial charge >= 0.3 is 0 Å². The highest BCUT2D eigenvalue weighted by molar-refractivity contribution is 5.80. The Morgan fingerprint density at radius 2 is 2.38 bits per heavy atom. The van der Waals surface area contributed by atoms with Crippen LogP contribution in [0, 0.1) is 0 Å². The number of carbonyl (C=O) groups excluding carboxylic acids is 1. The summed E-state index contributed by atoms with van der Waals surface area (Å²) in [4.78, 5) is 19.4. The van der Waals surface area contributed by atoms with Crippen LogP contribution in [-0.2, 0) is 0 Å². The third-order valence-electron chi connectivity index (χ3n) is 2.09. The molecule has 0 aliphatic heterocycles. The number of anilines is 1. The molecule has 82 valence electrons. The van der Waals surface area contributed by atoms with Gasteiger partial charge in [0.05, 0.1) is 0 Å². The van der Waals surface area contributed by atoms with E-state index in [0.29, 0.717) is 12.2 Å². The highest BCUT2D eigenvalue weighted by atomic mass is 16.2. The lowest BCUT2D eigenvalue weighted by molar-refractivity contribution is 0.0896. The number of rotatable bonds is 2. The average Bonchev–Trinajstić information content (AvgIpc) is 2.71. The molecule has 0 bridgehead atoms. The number of hydrogen-bond acceptors (Lipinski definition) is 5. The van der Waals surface area contributed by atoms with Crippen molar-refractivity contribution >= 4 is 11.9 Å². The lowest BCUT2D eigenvalue weighted by Crippen LogP contribution is -2.13. The van der Waals surface area contributed by atoms with E-state index in [1.807, 2.05) is 6.07 Å². The molecular formula is C10H11N5O. The fourth-order valence-electron chi connectivity index (χ4n) is 1.27. The van der Waals surface area contributed by atoms with Gasteiger partial charge in [-0.05, 0) is 12.1 Å². The van der Waals surface area contributed by atoms with Crippen molar-refractivity contribution in [3.8, 4) is 11.4 Å². The Morgan fingerprint density at radius 3 is 3.00 bits per heavy atom. The van der Waals surface area contributed by atoms with Gasteiger partial charge in [-0.1, -0.05) is 6.92 Å². The van der Waals surface area contributed by atoms with Crippen molar-refractivity contribution in [1.82, 2.24) is 19.7 Å². The second-order valence-electron chi connectivity index (χ2n) is 3.19. The van der Waals surface area contributed by atoms with Gasteiger partial charge in [0.2, 0.25) is 11.9 Å². The van der Waals surface area contributed by atoms with Crippen molar-refractivity contribution in [2.24, 2.45) is 0 Å². The Balaban J connectivity index is 2.42. The first-order valence-electron chi connectivity index (χ1n) is 4.88. The van der Waals surface area contributed by atoms with Crippen LogP contribution in [0.25, 0.3) is 11.4 Å². The molecule has 2 N–H and O–H groups in total. The minimum atomic E-state index is -0.180. The molecule has 2 aromatic heterocycles. The number of hydrogen-bond donors (Lipinski definition) is 1. The SMILES string of the molecule is CCC(=O)n1nc(-c2cccnc2)nc1N. The Bertz CT molecular complexity index is 505. The maximum atomic E-state index is 11.4. The van der Waals surface area contributed by atoms with E-state index in [0.717, 1.165) is 10.2 Å². The summed E-state index contributed by atoms with van der Waals surface area (Å²) in [6.07, 6.45) is 3.61. The van der Waals surface area contributed by atoms with Gasteiger partial charge < -0.3 is 5.73 Å². The van der Waals surface area contributed by atoms with Crippen molar-refractivity contribution < 1.29 is 4.79 Å². The molecule has 0 atom stereocenters. The summed E-state index contributed by atoms with van der Waals surface area (Å²) in [6.45, 7) is 1.74. The molecule has 2 aromatic rings. The second-order valence-corrected chi connectivity index (χ2v) is 3.19. The van der Waals surface area contributed by atoms with Crippen LogP contribution >= 0.6 is 0 Å². The first kappa shape index (κ1) is 10.3. The number of nitrogens with two attached hydrogens (primary N) is 1. The van der Waals surface area contributed by atoms with Gasteiger partial charge in [-0.15, -0.1) is 5.10 Å². The average molecular weight is 217 g/mol. The highest BCUT2D eigenvalue weighted by Gasteiger charge is 2.13. The van der Waals surface area contributed by atoms with Gasteiger partial charge in [-0.3, -0.25) is 9.78 Å². The van der Waals surface area contributed by atoms with Crippen LogP contribution < -0.4 is 5.73 Å². The van der Waals surface area contributed by atoms with Crippen LogP contribution in [0.15, 0.2) is 24.5 Å². The first-order valence-corrected chi connectivity index (χ1v) is 4.88. The predicted octanol–water partition coefficient (Wildman–Crippen LogP) is 0.972. The zero-order chi connectivity index (χ0) is 11.5. The van der Waals surface area contributed by atoms with Crippen molar-refractivity contribution in [2.45, 2.75) is 13.3 Å². The zero-order valence-electron chi connectivity index (χ0n) is 8.79. The van der Waals surface area contributed by atoms with Crippen molar-refractivity contribution in [3.63, 3.8) is 0 Å². The number of carbonyl (C=O) groups is 1. The summed E-state index contributed by atoms with van der Waals surface area (Å²) in [5.41, 5.74) is 6.34. The molecule has 6 nitrogen and oxygen atoms in total. The van der Waals surface area contributed by atoms with Gasteiger partial charge in [0, 0.05) is 24.4 Å². The van der Waals surface area contributed by atoms with Crippen LogP contribution in [-0.4, -0.2) is 25.7 Å². The van der Waals surface area contributed by atoms with E-state index >= 15 is 0 Å². The summed E-state index contributed by atoms with van der Waals surface area (Å²) in [5.74, 6) is 0.332. The molecule has 0 unspecified atom stereocenters. The van der Waals surface area contributed by atoms with Crippen molar-refractivity contribution in [3.05, 3.63) is 24.5 Å². The Morgan fingerprint density at radius 1 is 1.56 bits per heavy atom. The lowest BCUT2D eigenvalue weighted by atomic mass is 10.3. The Kier molecular flexibility index (Phi) is 2.63. The largest absolute Gasteiger partial charge is 0.368 e. The molecule has 0 spiro atoms. The minimum absolute atomic E-state index is 0.103. The van der Waals surface area contributed by atoms with E-state index in [1.165, 1.54) is 0 Å². The normalized spacial score (nSPS) is 10.3. The molecule has 0 amide bonds. The van der Waals surface area contributed by atoms with Crippen LogP contribution in [0.2, 0.25) is 0 Å². The Hall–Kier alpha value is -2.24. The Labute approximate surface area is 92.1 Å². The fraction of sp³-hybridized carbons (Fsp3) is 0.200. The van der Waals surface area contributed by atoms with Crippen LogP contribution in [0.4, 0.5) is 5.95 Å². The fourth-order valence-corrected chi connectivity index (χ4v) is 1.27. The lowest BCUT2D eigenvalue weighted by Gasteiger charge is -1.95. The van der Waals surface area contributed by atoms with Gasteiger partial charge in [0.25, 0.3) is 0 Å². The molecule has 16 heavy (non-hydrogen) atoms. The van der Waals surface area contributed by atoms with E-state index in [2.05, 4.69) is 15.1 Å². The molecule has 2 rings (SSSR count). The molecule has 0 saturated carbocycles. The number of nitrogens with zero attached hydrogens (tertiary/aromatic N) is 4. The number of aromatic nitrogens is 4.